The molecule has 2 saturated carbocycles. The normalized spacial score (nSPS) is 19.3. The molecule has 2 aliphatic rings. The smallest absolute Gasteiger partial charge is 0.124 e. The number of hydrogen-bond acceptors (Lipinski definition) is 1. The third-order valence-electron chi connectivity index (χ3n) is 3.70. The number of hydrogen-bond donors (Lipinski definition) is 0. The summed E-state index contributed by atoms with van der Waals surface area (Å²) < 4.78 is 0. The topological polar surface area (TPSA) is 17.1 Å². The Kier molecular flexibility index (Phi) is 10.8. The van der Waals surface area contributed by atoms with Crippen LogP contribution in [0.3, 0.4) is 0 Å². The van der Waals surface area contributed by atoms with Crippen LogP contribution < -0.4 is 0 Å². The van der Waals surface area contributed by atoms with Crippen LogP contribution in [0.5, 0.6) is 0 Å². The summed E-state index contributed by atoms with van der Waals surface area (Å²) in [5, 5.41) is 0.476. The molecule has 23 heavy (non-hydrogen) atoms. The monoisotopic (exact) mass is 390 g/mol. The Balaban J connectivity index is 0.000000684. The van der Waals surface area contributed by atoms with Crippen molar-refractivity contribution in [3.63, 3.8) is 0 Å². The summed E-state index contributed by atoms with van der Waals surface area (Å²) in [5.74, 6) is 1.40. The fourth-order valence-electron chi connectivity index (χ4n) is 2.36. The van der Waals surface area contributed by atoms with Crippen molar-refractivity contribution in [1.82, 2.24) is 0 Å². The van der Waals surface area contributed by atoms with Gasteiger partial charge in [0.1, 0.15) is 13.5 Å². The largest absolute Gasteiger partial charge is 0.305 e. The van der Waals surface area contributed by atoms with Crippen molar-refractivity contribution in [2.75, 3.05) is 0 Å². The molecule has 0 unspecified atom stereocenters. The Morgan fingerprint density at radius 2 is 1.39 bits per heavy atom. The van der Waals surface area contributed by atoms with Gasteiger partial charge in [-0.1, -0.05) is 45.7 Å². The van der Waals surface area contributed by atoms with Gasteiger partial charge < -0.3 is 4.79 Å². The molecule has 0 saturated heterocycles. The maximum atomic E-state index is 12.6. The molecule has 2 aliphatic carbocycles. The minimum atomic E-state index is -1.71. The van der Waals surface area contributed by atoms with E-state index >= 15 is 0 Å². The van der Waals surface area contributed by atoms with E-state index in [0.29, 0.717) is 5.41 Å². The van der Waals surface area contributed by atoms with Crippen LogP contribution in [0.4, 0.5) is 0 Å². The van der Waals surface area contributed by atoms with Gasteiger partial charge in [0.15, 0.2) is 0 Å². The van der Waals surface area contributed by atoms with Gasteiger partial charge in [-0.25, -0.2) is 0 Å². The summed E-state index contributed by atoms with van der Waals surface area (Å²) >= 11 is 0. The first kappa shape index (κ1) is 23.6. The minimum absolute atomic E-state index is 0. The van der Waals surface area contributed by atoms with Crippen molar-refractivity contribution >= 4 is 21.6 Å². The number of carbonyl (C=O) groups excluding carboxylic acids is 1. The van der Waals surface area contributed by atoms with Gasteiger partial charge in [-0.05, 0) is 63.7 Å². The van der Waals surface area contributed by atoms with Crippen LogP contribution in [0.25, 0.3) is 0 Å². The molecule has 130 valence electrons. The molecule has 0 atom stereocenters. The molecule has 0 amide bonds. The Bertz CT molecular complexity index is 327. The van der Waals surface area contributed by atoms with Crippen molar-refractivity contribution in [3.05, 3.63) is 56.4 Å². The predicted molar refractivity (Wildman–Crippen MR) is 102 cm³/mol. The van der Waals surface area contributed by atoms with Crippen molar-refractivity contribution in [2.24, 2.45) is 0 Å². The van der Waals surface area contributed by atoms with Gasteiger partial charge >= 0.3 is 0 Å². The van der Waals surface area contributed by atoms with E-state index in [0.717, 1.165) is 6.42 Å². The van der Waals surface area contributed by atoms with Gasteiger partial charge in [0, 0.05) is 22.3 Å². The molecule has 0 bridgehead atoms. The van der Waals surface area contributed by atoms with Gasteiger partial charge in [-0.2, -0.15) is 0 Å². The number of carbonyl (C=O) groups is 1. The van der Waals surface area contributed by atoms with Crippen LogP contribution in [0, 0.1) is 56.4 Å². The molecule has 1 nitrogen and oxygen atoms in total. The quantitative estimate of drug-likeness (QED) is 0.599. The zero-order valence-electron chi connectivity index (χ0n) is 15.4. The summed E-state index contributed by atoms with van der Waals surface area (Å²) in [6.07, 6.45) is 18.1. The van der Waals surface area contributed by atoms with Crippen molar-refractivity contribution in [1.29, 1.82) is 0 Å². The molecule has 0 aromatic rings. The van der Waals surface area contributed by atoms with E-state index in [1.165, 1.54) is 24.3 Å². The molecule has 0 heterocycles. The predicted octanol–water partition coefficient (Wildman–Crippen LogP) is 5.07. The second kappa shape index (κ2) is 10.6. The molecule has 2 rings (SSSR count). The average Bonchev–Trinajstić information content (AvgIpc) is 3.08. The summed E-state index contributed by atoms with van der Waals surface area (Å²) in [6, 6.07) is 0. The maximum absolute atomic E-state index is 12.6. The van der Waals surface area contributed by atoms with Crippen LogP contribution in [-0.4, -0.2) is 21.6 Å². The summed E-state index contributed by atoms with van der Waals surface area (Å²) in [7, 11) is -3.23. The van der Waals surface area contributed by atoms with Crippen LogP contribution >= 0.6 is 0 Å². The van der Waals surface area contributed by atoms with Crippen LogP contribution in [0.15, 0.2) is 0 Å². The summed E-state index contributed by atoms with van der Waals surface area (Å²) in [6.45, 7) is 13.3. The van der Waals surface area contributed by atoms with Crippen molar-refractivity contribution in [2.45, 2.75) is 58.5 Å². The third kappa shape index (κ3) is 9.03. The molecule has 10 radical (unpaired) electrons. The average molecular weight is 391 g/mol. The Morgan fingerprint density at radius 1 is 0.913 bits per heavy atom. The first-order chi connectivity index (χ1) is 10.1. The van der Waals surface area contributed by atoms with Gasteiger partial charge in [0.05, 0.1) is 8.07 Å². The second-order valence-electron chi connectivity index (χ2n) is 8.02. The fourth-order valence-corrected chi connectivity index (χ4v) is 6.79. The standard InChI is InChI=1S/C14H26OSi2.C5H5.Co/c1-16(2,3)13(14(15)17(4,5)6)11-12-9-7-8-10-12;1-2-4-5-3-1;/h9,11H,7-8,10H2,1-6H3;1-5H;. The van der Waals surface area contributed by atoms with E-state index < -0.39 is 16.1 Å². The molecular formula is C19H31CoOSi2. The molecule has 4 heteroatoms. The number of rotatable bonds is 5. The summed E-state index contributed by atoms with van der Waals surface area (Å²) in [4.78, 5) is 12.6. The third-order valence-corrected chi connectivity index (χ3v) is 7.56. The Morgan fingerprint density at radius 3 is 1.70 bits per heavy atom. The Hall–Kier alpha value is 0.610. The minimum Gasteiger partial charge on any atom is -0.305 e. The molecule has 0 N–H and O–H groups in total. The van der Waals surface area contributed by atoms with Crippen LogP contribution in [-0.2, 0) is 21.6 Å². The maximum Gasteiger partial charge on any atom is 0.124 e. The van der Waals surface area contributed by atoms with Crippen molar-refractivity contribution < 1.29 is 21.6 Å². The zero-order chi connectivity index (χ0) is 16.8. The van der Waals surface area contributed by atoms with E-state index in [-0.39, 0.29) is 16.8 Å². The van der Waals surface area contributed by atoms with Gasteiger partial charge in [-0.15, -0.1) is 0 Å². The summed E-state index contributed by atoms with van der Waals surface area (Å²) in [5.41, 5.74) is 1.17. The molecule has 0 aliphatic heterocycles. The molecule has 0 spiro atoms. The van der Waals surface area contributed by atoms with E-state index in [4.69, 9.17) is 0 Å². The van der Waals surface area contributed by atoms with E-state index in [1.54, 1.807) is 0 Å². The van der Waals surface area contributed by atoms with E-state index in [1.807, 2.05) is 32.1 Å². The van der Waals surface area contributed by atoms with Crippen LogP contribution in [0.1, 0.15) is 19.3 Å². The molecule has 0 aromatic heterocycles. The van der Waals surface area contributed by atoms with E-state index in [2.05, 4.69) is 52.1 Å². The second-order valence-corrected chi connectivity index (χ2v) is 18.0. The van der Waals surface area contributed by atoms with Gasteiger partial charge in [-0.3, -0.25) is 0 Å². The van der Waals surface area contributed by atoms with Crippen LogP contribution in [0.2, 0.25) is 39.3 Å². The Labute approximate surface area is 158 Å². The first-order valence-corrected chi connectivity index (χ1v) is 15.2. The SMILES string of the molecule is C[Si](C)(C)[C]([CH][C]1[CH]CCC1)C(=O)[Si](C)(C)C.[CH]1[CH][CH][CH][CH]1.[Co]. The van der Waals surface area contributed by atoms with Gasteiger partial charge in [0.2, 0.25) is 0 Å². The first-order valence-electron chi connectivity index (χ1n) is 8.25. The van der Waals surface area contributed by atoms with E-state index in [9.17, 15) is 4.79 Å². The van der Waals surface area contributed by atoms with Gasteiger partial charge in [0.25, 0.3) is 0 Å². The molecule has 0 aromatic carbocycles. The fraction of sp³-hybridized carbons (Fsp3) is 0.474. The zero-order valence-corrected chi connectivity index (χ0v) is 18.4. The molecule has 2 fully saturated rings. The van der Waals surface area contributed by atoms with Crippen molar-refractivity contribution in [3.8, 4) is 0 Å². The molecular weight excluding hydrogens is 359 g/mol.